The van der Waals surface area contributed by atoms with E-state index >= 15 is 0 Å². The minimum atomic E-state index is -0.437. The molecule has 0 radical (unpaired) electrons. The van der Waals surface area contributed by atoms with Crippen LogP contribution in [0.25, 0.3) is 0 Å². The number of hydrogen-bond acceptors (Lipinski definition) is 5. The lowest BCUT2D eigenvalue weighted by Gasteiger charge is -2.20. The van der Waals surface area contributed by atoms with Crippen LogP contribution in [-0.2, 0) is 9.53 Å². The predicted molar refractivity (Wildman–Crippen MR) is 70.8 cm³/mol. The topological polar surface area (TPSA) is 65.1 Å². The molecule has 0 atom stereocenters. The summed E-state index contributed by atoms with van der Waals surface area (Å²) in [5.74, 6) is 0.505. The lowest BCUT2D eigenvalue weighted by atomic mass is 10.1. The Morgan fingerprint density at radius 3 is 2.75 bits per heavy atom. The smallest absolute Gasteiger partial charge is 0.325 e. The number of methoxy groups -OCH3 is 1. The van der Waals surface area contributed by atoms with Gasteiger partial charge in [-0.25, -0.2) is 0 Å². The van der Waals surface area contributed by atoms with E-state index in [0.717, 1.165) is 6.42 Å². The van der Waals surface area contributed by atoms with Crippen molar-refractivity contribution in [2.45, 2.75) is 13.3 Å². The van der Waals surface area contributed by atoms with Crippen molar-refractivity contribution in [1.82, 2.24) is 4.90 Å². The van der Waals surface area contributed by atoms with E-state index in [1.165, 1.54) is 12.0 Å². The number of benzene rings is 1. The van der Waals surface area contributed by atoms with Crippen LogP contribution in [0.2, 0.25) is 0 Å². The van der Waals surface area contributed by atoms with Gasteiger partial charge in [0.25, 0.3) is 5.91 Å². The second-order valence-corrected chi connectivity index (χ2v) is 4.37. The van der Waals surface area contributed by atoms with E-state index in [9.17, 15) is 9.59 Å². The standard InChI is InChI=1S/C14H17NO5/c1-3-6-15(8-13(16)18-2)14(17)10-4-5-11-12(7-10)20-9-19-11/h4-5,7H,3,6,8-9H2,1-2H3. The first-order valence-corrected chi connectivity index (χ1v) is 6.41. The molecule has 1 aromatic rings. The van der Waals surface area contributed by atoms with Gasteiger partial charge in [0.05, 0.1) is 7.11 Å². The monoisotopic (exact) mass is 279 g/mol. The van der Waals surface area contributed by atoms with Crippen LogP contribution in [0.3, 0.4) is 0 Å². The Balaban J connectivity index is 2.16. The van der Waals surface area contributed by atoms with Gasteiger partial charge in [0.15, 0.2) is 11.5 Å². The summed E-state index contributed by atoms with van der Waals surface area (Å²) in [7, 11) is 1.30. The van der Waals surface area contributed by atoms with E-state index in [1.54, 1.807) is 18.2 Å². The first-order chi connectivity index (χ1) is 9.65. The average Bonchev–Trinajstić information content (AvgIpc) is 2.93. The lowest BCUT2D eigenvalue weighted by Crippen LogP contribution is -2.36. The molecule has 0 bridgehead atoms. The molecular weight excluding hydrogens is 262 g/mol. The molecule has 0 spiro atoms. The second kappa shape index (κ2) is 6.27. The van der Waals surface area contributed by atoms with E-state index in [-0.39, 0.29) is 19.2 Å². The maximum Gasteiger partial charge on any atom is 0.325 e. The quantitative estimate of drug-likeness (QED) is 0.763. The van der Waals surface area contributed by atoms with Crippen molar-refractivity contribution < 1.29 is 23.8 Å². The normalized spacial score (nSPS) is 12.1. The highest BCUT2D eigenvalue weighted by Gasteiger charge is 2.21. The third kappa shape index (κ3) is 3.01. The van der Waals surface area contributed by atoms with E-state index in [4.69, 9.17) is 9.47 Å². The maximum absolute atomic E-state index is 12.4. The van der Waals surface area contributed by atoms with Crippen LogP contribution in [-0.4, -0.2) is 43.8 Å². The number of esters is 1. The van der Waals surface area contributed by atoms with Gasteiger partial charge in [-0.2, -0.15) is 0 Å². The third-order valence-electron chi connectivity index (χ3n) is 2.95. The second-order valence-electron chi connectivity index (χ2n) is 4.37. The van der Waals surface area contributed by atoms with E-state index < -0.39 is 5.97 Å². The van der Waals surface area contributed by atoms with Crippen molar-refractivity contribution in [3.05, 3.63) is 23.8 Å². The van der Waals surface area contributed by atoms with Crippen LogP contribution in [0.15, 0.2) is 18.2 Å². The van der Waals surface area contributed by atoms with Crippen LogP contribution in [0.1, 0.15) is 23.7 Å². The highest BCUT2D eigenvalue weighted by atomic mass is 16.7. The minimum absolute atomic E-state index is 0.0579. The Bertz CT molecular complexity index is 514. The number of hydrogen-bond donors (Lipinski definition) is 0. The molecule has 0 unspecified atom stereocenters. The Hall–Kier alpha value is -2.24. The van der Waals surface area contributed by atoms with Gasteiger partial charge in [0.2, 0.25) is 6.79 Å². The Morgan fingerprint density at radius 1 is 1.30 bits per heavy atom. The zero-order chi connectivity index (χ0) is 14.5. The Labute approximate surface area is 117 Å². The van der Waals surface area contributed by atoms with Crippen molar-refractivity contribution >= 4 is 11.9 Å². The van der Waals surface area contributed by atoms with Gasteiger partial charge in [-0.1, -0.05) is 6.92 Å². The van der Waals surface area contributed by atoms with E-state index in [2.05, 4.69) is 4.74 Å². The molecule has 0 N–H and O–H groups in total. The summed E-state index contributed by atoms with van der Waals surface area (Å²) in [4.78, 5) is 25.2. The fraction of sp³-hybridized carbons (Fsp3) is 0.429. The number of fused-ring (bicyclic) bond motifs is 1. The number of nitrogens with zero attached hydrogens (tertiary/aromatic N) is 1. The molecule has 6 heteroatoms. The number of carbonyl (C=O) groups is 2. The van der Waals surface area contributed by atoms with Crippen molar-refractivity contribution in [2.24, 2.45) is 0 Å². The van der Waals surface area contributed by atoms with Crippen LogP contribution >= 0.6 is 0 Å². The third-order valence-corrected chi connectivity index (χ3v) is 2.95. The molecule has 108 valence electrons. The highest BCUT2D eigenvalue weighted by Crippen LogP contribution is 2.32. The van der Waals surface area contributed by atoms with Crippen molar-refractivity contribution in [3.8, 4) is 11.5 Å². The molecule has 1 heterocycles. The first-order valence-electron chi connectivity index (χ1n) is 6.41. The number of ether oxygens (including phenoxy) is 3. The van der Waals surface area contributed by atoms with Gasteiger partial charge in [0, 0.05) is 12.1 Å². The molecule has 1 aliphatic rings. The summed E-state index contributed by atoms with van der Waals surface area (Å²) in [6.07, 6.45) is 0.757. The van der Waals surface area contributed by atoms with Crippen LogP contribution in [0.4, 0.5) is 0 Å². The van der Waals surface area contributed by atoms with Crippen molar-refractivity contribution in [1.29, 1.82) is 0 Å². The van der Waals surface area contributed by atoms with E-state index in [1.807, 2.05) is 6.92 Å². The van der Waals surface area contributed by atoms with Gasteiger partial charge in [-0.15, -0.1) is 0 Å². The number of carbonyl (C=O) groups excluding carboxylic acids is 2. The summed E-state index contributed by atoms with van der Waals surface area (Å²) in [5, 5.41) is 0. The maximum atomic E-state index is 12.4. The molecule has 1 aromatic carbocycles. The van der Waals surface area contributed by atoms with Crippen molar-refractivity contribution in [2.75, 3.05) is 27.0 Å². The van der Waals surface area contributed by atoms with Crippen molar-refractivity contribution in [3.63, 3.8) is 0 Å². The predicted octanol–water partition coefficient (Wildman–Crippen LogP) is 1.44. The first kappa shape index (κ1) is 14.2. The Morgan fingerprint density at radius 2 is 2.05 bits per heavy atom. The van der Waals surface area contributed by atoms with Gasteiger partial charge in [-0.3, -0.25) is 9.59 Å². The van der Waals surface area contributed by atoms with Crippen LogP contribution < -0.4 is 9.47 Å². The van der Waals surface area contributed by atoms with E-state index in [0.29, 0.717) is 23.6 Å². The molecule has 0 aromatic heterocycles. The minimum Gasteiger partial charge on any atom is -0.468 e. The molecule has 2 rings (SSSR count). The summed E-state index contributed by atoms with van der Waals surface area (Å²) < 4.78 is 15.1. The molecule has 1 aliphatic heterocycles. The molecule has 1 amide bonds. The van der Waals surface area contributed by atoms with Crippen LogP contribution in [0.5, 0.6) is 11.5 Å². The van der Waals surface area contributed by atoms with Gasteiger partial charge < -0.3 is 19.1 Å². The summed E-state index contributed by atoms with van der Waals surface area (Å²) >= 11 is 0. The van der Waals surface area contributed by atoms with Gasteiger partial charge in [0.1, 0.15) is 6.54 Å². The summed E-state index contributed by atoms with van der Waals surface area (Å²) in [6, 6.07) is 4.98. The molecule has 0 aliphatic carbocycles. The molecule has 6 nitrogen and oxygen atoms in total. The molecular formula is C14H17NO5. The molecule has 0 fully saturated rings. The zero-order valence-electron chi connectivity index (χ0n) is 11.5. The zero-order valence-corrected chi connectivity index (χ0v) is 11.5. The fourth-order valence-corrected chi connectivity index (χ4v) is 1.95. The van der Waals surface area contributed by atoms with Gasteiger partial charge in [-0.05, 0) is 24.6 Å². The SMILES string of the molecule is CCCN(CC(=O)OC)C(=O)c1ccc2c(c1)OCO2. The van der Waals surface area contributed by atoms with Gasteiger partial charge >= 0.3 is 5.97 Å². The highest BCUT2D eigenvalue weighted by molar-refractivity contribution is 5.96. The average molecular weight is 279 g/mol. The largest absolute Gasteiger partial charge is 0.468 e. The summed E-state index contributed by atoms with van der Waals surface area (Å²) in [5.41, 5.74) is 0.464. The summed E-state index contributed by atoms with van der Waals surface area (Å²) in [6.45, 7) is 2.53. The fourth-order valence-electron chi connectivity index (χ4n) is 1.95. The van der Waals surface area contributed by atoms with Crippen LogP contribution in [0, 0.1) is 0 Å². The lowest BCUT2D eigenvalue weighted by molar-refractivity contribution is -0.141. The molecule has 0 saturated heterocycles. The number of rotatable bonds is 5. The Kier molecular flexibility index (Phi) is 4.45. The molecule has 20 heavy (non-hydrogen) atoms. The number of amides is 1. The molecule has 0 saturated carbocycles.